The third-order valence-corrected chi connectivity index (χ3v) is 18.0. The topological polar surface area (TPSA) is 158 Å². The summed E-state index contributed by atoms with van der Waals surface area (Å²) < 4.78 is 55.2. The maximum atomic E-state index is 13.9. The molecule has 2 saturated heterocycles. The van der Waals surface area contributed by atoms with Gasteiger partial charge in [-0.3, -0.25) is 14.4 Å². The zero-order valence-electron chi connectivity index (χ0n) is 41.2. The van der Waals surface area contributed by atoms with Gasteiger partial charge in [-0.1, -0.05) is 212 Å². The largest absolute Gasteiger partial charge is 0.457 e. The highest BCUT2D eigenvalue weighted by Crippen LogP contribution is 2.41. The van der Waals surface area contributed by atoms with E-state index in [0.29, 0.717) is 0 Å². The van der Waals surface area contributed by atoms with Crippen molar-refractivity contribution in [2.45, 2.75) is 141 Å². The molecule has 2 amide bonds. The fourth-order valence-electron chi connectivity index (χ4n) is 7.85. The first-order valence-electron chi connectivity index (χ1n) is 23.6. The van der Waals surface area contributed by atoms with Gasteiger partial charge in [-0.2, -0.15) is 0 Å². The van der Waals surface area contributed by atoms with Crippen molar-refractivity contribution in [3.8, 4) is 0 Å². The first-order chi connectivity index (χ1) is 34.5. The van der Waals surface area contributed by atoms with Crippen LogP contribution in [0.25, 0.3) is 0 Å². The van der Waals surface area contributed by atoms with Crippen molar-refractivity contribution in [2.24, 2.45) is 0 Å². The van der Waals surface area contributed by atoms with Gasteiger partial charge in [-0.15, -0.1) is 0 Å². The Labute approximate surface area is 458 Å². The van der Waals surface area contributed by atoms with Gasteiger partial charge in [0.05, 0.1) is 39.6 Å². The van der Waals surface area contributed by atoms with Crippen LogP contribution in [-0.2, 0) is 83.1 Å². The van der Waals surface area contributed by atoms with Crippen molar-refractivity contribution in [2.75, 3.05) is 13.2 Å². The number of nitrogens with one attached hydrogen (secondary N) is 2. The van der Waals surface area contributed by atoms with Gasteiger partial charge in [0.15, 0.2) is 27.0 Å². The van der Waals surface area contributed by atoms with E-state index in [1.807, 2.05) is 134 Å². The summed E-state index contributed by atoms with van der Waals surface area (Å²) in [5, 5.41) is 5.26. The molecule has 2 fully saturated rings. The van der Waals surface area contributed by atoms with E-state index >= 15 is 0 Å². The molecule has 14 nitrogen and oxygen atoms in total. The van der Waals surface area contributed by atoms with Crippen LogP contribution in [0, 0.1) is 0 Å². The molecule has 2 heterocycles. The molecule has 398 valence electrons. The Balaban J connectivity index is 1.51. The molecule has 2 aliphatic rings. The number of ether oxygens (including phenoxy) is 8. The van der Waals surface area contributed by atoms with E-state index in [1.54, 1.807) is 0 Å². The Morgan fingerprint density at radius 2 is 0.890 bits per heavy atom. The molecule has 21 heteroatoms. The lowest BCUT2D eigenvalue weighted by atomic mass is 9.93. The Bertz CT molecular complexity index is 2350. The number of hydrogen-bond donors (Lipinski definition) is 2. The molecule has 0 radical (unpaired) electrons. The normalized spacial score (nSPS) is 24.9. The maximum Gasteiger partial charge on any atom is 0.303 e. The van der Waals surface area contributed by atoms with E-state index in [9.17, 15) is 14.4 Å². The number of carbonyl (C=O) groups excluding carboxylic acids is 3. The van der Waals surface area contributed by atoms with Crippen LogP contribution in [0.4, 0.5) is 0 Å². The molecule has 73 heavy (non-hydrogen) atoms. The van der Waals surface area contributed by atoms with Gasteiger partial charge < -0.3 is 53.0 Å². The molecule has 0 aliphatic carbocycles. The minimum Gasteiger partial charge on any atom is -0.457 e. The predicted molar refractivity (Wildman–Crippen MR) is 283 cm³/mol. The number of carbonyl (C=O) groups is 3. The zero-order valence-corrected chi connectivity index (χ0v) is 46.8. The SMILES string of the molecule is CC(=O)O[C@H]1[C@H](OCc2ccccc2)[C@@H](NC(=O)C(Cl)(Cl)Cl)[C@H](O[C@H]2[C@H](OCc3ccccc3)[C@@H](NC(=O)C(Cl)(Cl)Cl)[C@H](O[Si](C)(C)C(C)(C)C)O[C@H]2COCc2ccccc2)O[C@@H]1COCc1ccccc1. The fourth-order valence-corrected chi connectivity index (χ4v) is 9.31. The average Bonchev–Trinajstić information content (AvgIpc) is 3.33. The van der Waals surface area contributed by atoms with E-state index < -0.39 is 95.0 Å². The van der Waals surface area contributed by atoms with E-state index in [0.717, 1.165) is 22.3 Å². The summed E-state index contributed by atoms with van der Waals surface area (Å²) >= 11 is 37.5. The molecule has 2 N–H and O–H groups in total. The van der Waals surface area contributed by atoms with Gasteiger partial charge in [0.25, 0.3) is 19.4 Å². The Kier molecular flexibility index (Phi) is 21.7. The maximum absolute atomic E-state index is 13.9. The molecule has 6 rings (SSSR count). The molecule has 4 aromatic carbocycles. The summed E-state index contributed by atoms with van der Waals surface area (Å²) in [6, 6.07) is 34.7. The number of rotatable bonds is 21. The lowest BCUT2D eigenvalue weighted by Crippen LogP contribution is -2.71. The van der Waals surface area contributed by atoms with Crippen molar-refractivity contribution in [1.29, 1.82) is 0 Å². The van der Waals surface area contributed by atoms with Crippen molar-refractivity contribution >= 4 is 95.7 Å². The fraction of sp³-hybridized carbons (Fsp3) is 0.481. The van der Waals surface area contributed by atoms with Crippen LogP contribution in [0.15, 0.2) is 121 Å². The second-order valence-corrected chi connectivity index (χ2v) is 28.5. The summed E-state index contributed by atoms with van der Waals surface area (Å²) in [6.45, 7) is 11.4. The highest BCUT2D eigenvalue weighted by atomic mass is 35.6. The predicted octanol–water partition coefficient (Wildman–Crippen LogP) is 10.1. The number of halogens is 6. The van der Waals surface area contributed by atoms with Gasteiger partial charge >= 0.3 is 5.97 Å². The van der Waals surface area contributed by atoms with Crippen molar-refractivity contribution in [3.63, 3.8) is 0 Å². The quantitative estimate of drug-likeness (QED) is 0.0463. The van der Waals surface area contributed by atoms with E-state index in [-0.39, 0.29) is 44.7 Å². The standard InChI is InChI=1S/C52H62Cl6N2O12Si/c1-33(61)68-42-38(31-64-27-34-19-11-7-12-20-34)69-46(40(59-48(62)51(53,54)55)44(42)66-29-36-23-15-9-16-24-36)71-43-39(32-65-28-35-21-13-8-14-22-35)70-47(72-73(5,6)50(2,3)4)41(60-49(63)52(56,57)58)45(43)67-30-37-25-17-10-18-26-37/h7-26,38-47H,27-32H2,1-6H3,(H,59,62)(H,60,63)/t38-,39+,40-,41-,42-,43-,44-,45-,46+,47+/m1/s1. The second kappa shape index (κ2) is 26.8. The highest BCUT2D eigenvalue weighted by molar-refractivity contribution is 6.76. The third kappa shape index (κ3) is 17.5. The number of amides is 2. The average molecular weight is 1150 g/mol. The van der Waals surface area contributed by atoms with Crippen LogP contribution in [-0.4, -0.2) is 108 Å². The first-order valence-corrected chi connectivity index (χ1v) is 28.8. The minimum atomic E-state index is -2.78. The second-order valence-electron chi connectivity index (χ2n) is 19.2. The Morgan fingerprint density at radius 1 is 0.534 bits per heavy atom. The van der Waals surface area contributed by atoms with Crippen LogP contribution in [0.5, 0.6) is 0 Å². The molecular formula is C52H62Cl6N2O12Si. The lowest BCUT2D eigenvalue weighted by molar-refractivity contribution is -0.336. The third-order valence-electron chi connectivity index (χ3n) is 12.6. The van der Waals surface area contributed by atoms with Crippen molar-refractivity contribution in [1.82, 2.24) is 10.6 Å². The molecular weight excluding hydrogens is 1090 g/mol. The van der Waals surface area contributed by atoms with Gasteiger partial charge in [-0.05, 0) is 40.4 Å². The molecule has 10 atom stereocenters. The van der Waals surface area contributed by atoms with E-state index in [2.05, 4.69) is 31.4 Å². The summed E-state index contributed by atoms with van der Waals surface area (Å²) in [5.74, 6) is -2.77. The molecule has 0 spiro atoms. The number of hydrogen-bond acceptors (Lipinski definition) is 12. The zero-order chi connectivity index (χ0) is 53.0. The lowest BCUT2D eigenvalue weighted by Gasteiger charge is -2.52. The molecule has 0 saturated carbocycles. The van der Waals surface area contributed by atoms with Gasteiger partial charge in [-0.25, -0.2) is 0 Å². The Hall–Kier alpha value is -3.07. The van der Waals surface area contributed by atoms with E-state index in [1.165, 1.54) is 6.92 Å². The van der Waals surface area contributed by atoms with Crippen LogP contribution >= 0.6 is 69.6 Å². The summed E-state index contributed by atoms with van der Waals surface area (Å²) in [5.41, 5.74) is 3.22. The highest BCUT2D eigenvalue weighted by Gasteiger charge is 2.57. The molecule has 0 bridgehead atoms. The van der Waals surface area contributed by atoms with Gasteiger partial charge in [0.1, 0.15) is 42.6 Å². The first kappa shape index (κ1) is 59.2. The number of benzene rings is 4. The van der Waals surface area contributed by atoms with Crippen LogP contribution in [0.3, 0.4) is 0 Å². The van der Waals surface area contributed by atoms with E-state index in [4.69, 9.17) is 112 Å². The molecule has 0 aromatic heterocycles. The smallest absolute Gasteiger partial charge is 0.303 e. The van der Waals surface area contributed by atoms with Crippen LogP contribution in [0.1, 0.15) is 49.9 Å². The summed E-state index contributed by atoms with van der Waals surface area (Å²) in [6.07, 6.45) is -10.1. The molecule has 0 unspecified atom stereocenters. The molecule has 4 aromatic rings. The van der Waals surface area contributed by atoms with Crippen LogP contribution < -0.4 is 10.6 Å². The summed E-state index contributed by atoms with van der Waals surface area (Å²) in [7, 11) is -2.78. The Morgan fingerprint density at radius 3 is 1.27 bits per heavy atom. The number of alkyl halides is 6. The van der Waals surface area contributed by atoms with Gasteiger partial charge in [0.2, 0.25) is 0 Å². The van der Waals surface area contributed by atoms with Crippen molar-refractivity contribution < 1.29 is 56.7 Å². The van der Waals surface area contributed by atoms with Crippen LogP contribution in [0.2, 0.25) is 18.1 Å². The number of esters is 1. The summed E-state index contributed by atoms with van der Waals surface area (Å²) in [4.78, 5) is 40.9. The molecule has 2 aliphatic heterocycles. The monoisotopic (exact) mass is 1140 g/mol. The van der Waals surface area contributed by atoms with Gasteiger partial charge in [0, 0.05) is 6.92 Å². The minimum absolute atomic E-state index is 0.0256. The van der Waals surface area contributed by atoms with Crippen molar-refractivity contribution in [3.05, 3.63) is 144 Å².